The van der Waals surface area contributed by atoms with E-state index in [1.165, 1.54) is 0 Å². The van der Waals surface area contributed by atoms with Crippen LogP contribution in [0.3, 0.4) is 0 Å². The Balaban J connectivity index is 3.46. The van der Waals surface area contributed by atoms with Crippen LogP contribution in [0.2, 0.25) is 0 Å². The van der Waals surface area contributed by atoms with E-state index in [4.69, 9.17) is 0 Å². The molecular formula is C10H13FN2O4S. The number of rotatable bonds is 5. The Morgan fingerprint density at radius 1 is 1.33 bits per heavy atom. The van der Waals surface area contributed by atoms with Crippen molar-refractivity contribution in [2.24, 2.45) is 0 Å². The van der Waals surface area contributed by atoms with Crippen molar-refractivity contribution in [3.8, 4) is 0 Å². The third-order valence-corrected chi connectivity index (χ3v) is 4.54. The highest BCUT2D eigenvalue weighted by molar-refractivity contribution is 7.89. The summed E-state index contributed by atoms with van der Waals surface area (Å²) in [6, 6.07) is 2.42. The molecule has 0 saturated carbocycles. The van der Waals surface area contributed by atoms with Gasteiger partial charge in [-0.2, -0.15) is 4.31 Å². The number of hydrogen-bond acceptors (Lipinski definition) is 4. The zero-order valence-corrected chi connectivity index (χ0v) is 10.8. The number of nitro benzene ring substituents is 1. The minimum atomic E-state index is -3.97. The monoisotopic (exact) mass is 276 g/mol. The number of halogens is 1. The Hall–Kier alpha value is -1.54. The second-order valence-electron chi connectivity index (χ2n) is 3.46. The van der Waals surface area contributed by atoms with Crippen molar-refractivity contribution in [1.82, 2.24) is 4.31 Å². The molecule has 0 heterocycles. The zero-order chi connectivity index (χ0) is 13.9. The lowest BCUT2D eigenvalue weighted by Gasteiger charge is -2.18. The van der Waals surface area contributed by atoms with Crippen molar-refractivity contribution in [3.05, 3.63) is 34.1 Å². The minimum absolute atomic E-state index is 0.188. The van der Waals surface area contributed by atoms with E-state index in [1.807, 2.05) is 0 Å². The molecule has 1 aromatic rings. The van der Waals surface area contributed by atoms with Crippen LogP contribution in [-0.2, 0) is 10.0 Å². The Labute approximate surface area is 104 Å². The third kappa shape index (κ3) is 2.65. The summed E-state index contributed by atoms with van der Waals surface area (Å²) in [6.07, 6.45) is 0. The number of hydrogen-bond donors (Lipinski definition) is 0. The molecule has 1 rings (SSSR count). The second-order valence-corrected chi connectivity index (χ2v) is 5.36. The maximum absolute atomic E-state index is 12.9. The van der Waals surface area contributed by atoms with Gasteiger partial charge in [0.15, 0.2) is 4.90 Å². The van der Waals surface area contributed by atoms with Crippen LogP contribution in [0.25, 0.3) is 0 Å². The number of sulfonamides is 1. The summed E-state index contributed by atoms with van der Waals surface area (Å²) >= 11 is 0. The van der Waals surface area contributed by atoms with Gasteiger partial charge in [-0.1, -0.05) is 13.8 Å². The summed E-state index contributed by atoms with van der Waals surface area (Å²) in [6.45, 7) is 3.62. The Morgan fingerprint density at radius 3 is 2.33 bits per heavy atom. The van der Waals surface area contributed by atoms with E-state index in [1.54, 1.807) is 13.8 Å². The highest BCUT2D eigenvalue weighted by Crippen LogP contribution is 2.27. The fourth-order valence-electron chi connectivity index (χ4n) is 1.55. The Kier molecular flexibility index (Phi) is 4.36. The number of benzene rings is 1. The van der Waals surface area contributed by atoms with E-state index in [0.717, 1.165) is 16.4 Å². The molecule has 0 spiro atoms. The number of nitrogens with zero attached hydrogens (tertiary/aromatic N) is 2. The molecule has 0 fully saturated rings. The van der Waals surface area contributed by atoms with Crippen LogP contribution in [0.1, 0.15) is 13.8 Å². The molecule has 6 nitrogen and oxygen atoms in total. The first kappa shape index (κ1) is 14.5. The van der Waals surface area contributed by atoms with Crippen LogP contribution in [0, 0.1) is 15.9 Å². The topological polar surface area (TPSA) is 80.5 Å². The summed E-state index contributed by atoms with van der Waals surface area (Å²) in [4.78, 5) is 9.38. The van der Waals surface area contributed by atoms with Gasteiger partial charge in [-0.05, 0) is 12.1 Å². The maximum Gasteiger partial charge on any atom is 0.292 e. The van der Waals surface area contributed by atoms with Crippen molar-refractivity contribution in [2.75, 3.05) is 13.1 Å². The lowest BCUT2D eigenvalue weighted by Crippen LogP contribution is -2.31. The third-order valence-electron chi connectivity index (χ3n) is 2.44. The van der Waals surface area contributed by atoms with Gasteiger partial charge in [0.2, 0.25) is 10.0 Å². The van der Waals surface area contributed by atoms with Gasteiger partial charge in [-0.15, -0.1) is 0 Å². The van der Waals surface area contributed by atoms with Crippen LogP contribution in [0.15, 0.2) is 23.1 Å². The van der Waals surface area contributed by atoms with E-state index in [-0.39, 0.29) is 13.1 Å². The summed E-state index contributed by atoms with van der Waals surface area (Å²) in [5, 5.41) is 10.8. The van der Waals surface area contributed by atoms with Crippen molar-refractivity contribution in [3.63, 3.8) is 0 Å². The molecule has 0 saturated heterocycles. The van der Waals surface area contributed by atoms with E-state index in [2.05, 4.69) is 0 Å². The molecule has 0 radical (unpaired) electrons. The molecule has 0 bridgehead atoms. The number of nitro groups is 1. The van der Waals surface area contributed by atoms with E-state index >= 15 is 0 Å². The van der Waals surface area contributed by atoms with Crippen LogP contribution in [-0.4, -0.2) is 30.7 Å². The average molecular weight is 276 g/mol. The fraction of sp³-hybridized carbons (Fsp3) is 0.400. The first-order valence-corrected chi connectivity index (χ1v) is 6.72. The van der Waals surface area contributed by atoms with Crippen molar-refractivity contribution >= 4 is 15.7 Å². The van der Waals surface area contributed by atoms with Crippen molar-refractivity contribution in [2.45, 2.75) is 18.7 Å². The standard InChI is InChI=1S/C10H13FN2O4S/c1-3-12(4-2)18(16,17)10-6-5-8(11)7-9(10)13(14)15/h5-7H,3-4H2,1-2H3. The van der Waals surface area contributed by atoms with Crippen molar-refractivity contribution < 1.29 is 17.7 Å². The predicted molar refractivity (Wildman–Crippen MR) is 63.2 cm³/mol. The van der Waals surface area contributed by atoms with Crippen LogP contribution >= 0.6 is 0 Å². The molecule has 0 aliphatic carbocycles. The summed E-state index contributed by atoms with van der Waals surface area (Å²) in [5.41, 5.74) is -0.748. The molecule has 0 amide bonds. The van der Waals surface area contributed by atoms with E-state index in [9.17, 15) is 22.9 Å². The van der Waals surface area contributed by atoms with Crippen LogP contribution < -0.4 is 0 Å². The van der Waals surface area contributed by atoms with Gasteiger partial charge in [0.05, 0.1) is 11.0 Å². The predicted octanol–water partition coefficient (Wildman–Crippen LogP) is 1.76. The Morgan fingerprint density at radius 2 is 1.89 bits per heavy atom. The molecule has 0 N–H and O–H groups in total. The maximum atomic E-state index is 12.9. The van der Waals surface area contributed by atoms with Gasteiger partial charge in [0.1, 0.15) is 5.82 Å². The molecular weight excluding hydrogens is 263 g/mol. The largest absolute Gasteiger partial charge is 0.292 e. The van der Waals surface area contributed by atoms with Gasteiger partial charge in [-0.25, -0.2) is 12.8 Å². The minimum Gasteiger partial charge on any atom is -0.258 e. The average Bonchev–Trinajstić information content (AvgIpc) is 2.29. The molecule has 0 aliphatic heterocycles. The van der Waals surface area contributed by atoms with E-state index < -0.39 is 31.3 Å². The molecule has 8 heteroatoms. The van der Waals surface area contributed by atoms with Crippen LogP contribution in [0.5, 0.6) is 0 Å². The van der Waals surface area contributed by atoms with Gasteiger partial charge < -0.3 is 0 Å². The first-order chi connectivity index (χ1) is 8.34. The molecule has 0 atom stereocenters. The quantitative estimate of drug-likeness (QED) is 0.606. The lowest BCUT2D eigenvalue weighted by molar-refractivity contribution is -0.388. The van der Waals surface area contributed by atoms with Gasteiger partial charge in [0, 0.05) is 13.1 Å². The molecule has 0 aliphatic rings. The second kappa shape index (κ2) is 5.40. The first-order valence-electron chi connectivity index (χ1n) is 5.28. The van der Waals surface area contributed by atoms with Crippen molar-refractivity contribution in [1.29, 1.82) is 0 Å². The summed E-state index contributed by atoms with van der Waals surface area (Å²) in [5.74, 6) is -0.847. The van der Waals surface area contributed by atoms with Gasteiger partial charge in [0.25, 0.3) is 5.69 Å². The summed E-state index contributed by atoms with van der Waals surface area (Å²) < 4.78 is 38.3. The SMILES string of the molecule is CCN(CC)S(=O)(=O)c1ccc(F)cc1[N+](=O)[O-]. The molecule has 0 aromatic heterocycles. The van der Waals surface area contributed by atoms with Gasteiger partial charge in [-0.3, -0.25) is 10.1 Å². The molecule has 18 heavy (non-hydrogen) atoms. The molecule has 100 valence electrons. The van der Waals surface area contributed by atoms with Crippen LogP contribution in [0.4, 0.5) is 10.1 Å². The Bertz CT molecular complexity index is 555. The normalized spacial score (nSPS) is 11.8. The smallest absolute Gasteiger partial charge is 0.258 e. The molecule has 0 unspecified atom stereocenters. The molecule has 1 aromatic carbocycles. The highest BCUT2D eigenvalue weighted by Gasteiger charge is 2.30. The zero-order valence-electron chi connectivity index (χ0n) is 9.96. The highest BCUT2D eigenvalue weighted by atomic mass is 32.2. The van der Waals surface area contributed by atoms with E-state index in [0.29, 0.717) is 6.07 Å². The lowest BCUT2D eigenvalue weighted by atomic mass is 10.3. The summed E-state index contributed by atoms with van der Waals surface area (Å²) in [7, 11) is -3.97. The fourth-order valence-corrected chi connectivity index (χ4v) is 3.15. The van der Waals surface area contributed by atoms with Gasteiger partial charge >= 0.3 is 0 Å².